The third kappa shape index (κ3) is 45.0. The summed E-state index contributed by atoms with van der Waals surface area (Å²) in [5.74, 6) is -1.04. The number of carbonyl (C=O) groups excluding carboxylic acids is 3. The monoisotopic (exact) mass is 817 g/mol. The largest absolute Gasteiger partial charge is 0.462 e. The van der Waals surface area contributed by atoms with Crippen LogP contribution in [0.4, 0.5) is 0 Å². The van der Waals surface area contributed by atoms with Crippen molar-refractivity contribution in [3.05, 3.63) is 109 Å². The molecule has 0 aliphatic rings. The number of hydrogen-bond donors (Lipinski definition) is 0. The van der Waals surface area contributed by atoms with E-state index in [1.165, 1.54) is 38.5 Å². The molecule has 0 saturated heterocycles. The molecule has 0 aromatic heterocycles. The number of rotatable bonds is 40. The van der Waals surface area contributed by atoms with Gasteiger partial charge in [-0.15, -0.1) is 0 Å². The summed E-state index contributed by atoms with van der Waals surface area (Å²) >= 11 is 0. The van der Waals surface area contributed by atoms with Gasteiger partial charge >= 0.3 is 17.9 Å². The molecule has 0 radical (unpaired) electrons. The SMILES string of the molecule is CC/C=C/C=C/C=C/C=C/CCCCCCCC(=O)OCC(COC(=O)CC/C=C/C/C=C/CCCCCCCC)OC(=O)CCCCCCC/C=C/C=C/C=C/CC. The minimum Gasteiger partial charge on any atom is -0.462 e. The van der Waals surface area contributed by atoms with Gasteiger partial charge in [0.15, 0.2) is 6.10 Å². The van der Waals surface area contributed by atoms with E-state index in [2.05, 4.69) is 93.7 Å². The Bertz CT molecular complexity index is 1260. The van der Waals surface area contributed by atoms with Crippen LogP contribution in [0.2, 0.25) is 0 Å². The number of allylic oxidation sites excluding steroid dienone is 18. The maximum atomic E-state index is 12.7. The molecule has 0 bridgehead atoms. The first-order valence-electron chi connectivity index (χ1n) is 23.5. The molecule has 0 aromatic rings. The van der Waals surface area contributed by atoms with Crippen molar-refractivity contribution < 1.29 is 28.6 Å². The van der Waals surface area contributed by atoms with Crippen LogP contribution in [0.1, 0.15) is 188 Å². The average molecular weight is 817 g/mol. The van der Waals surface area contributed by atoms with Gasteiger partial charge in [-0.25, -0.2) is 0 Å². The maximum Gasteiger partial charge on any atom is 0.306 e. The van der Waals surface area contributed by atoms with E-state index >= 15 is 0 Å². The first-order chi connectivity index (χ1) is 29.0. The van der Waals surface area contributed by atoms with Crippen LogP contribution in [0.15, 0.2) is 109 Å². The summed E-state index contributed by atoms with van der Waals surface area (Å²) in [6, 6.07) is 0. The topological polar surface area (TPSA) is 78.9 Å². The van der Waals surface area contributed by atoms with E-state index in [1.54, 1.807) is 0 Å². The van der Waals surface area contributed by atoms with Gasteiger partial charge in [-0.2, -0.15) is 0 Å². The molecule has 0 saturated carbocycles. The number of ether oxygens (including phenoxy) is 3. The summed E-state index contributed by atoms with van der Waals surface area (Å²) in [5.41, 5.74) is 0. The van der Waals surface area contributed by atoms with Gasteiger partial charge in [-0.3, -0.25) is 14.4 Å². The zero-order valence-corrected chi connectivity index (χ0v) is 37.7. The minimum absolute atomic E-state index is 0.119. The summed E-state index contributed by atoms with van der Waals surface area (Å²) in [6.07, 6.45) is 62.2. The van der Waals surface area contributed by atoms with E-state index in [0.717, 1.165) is 103 Å². The molecule has 0 fully saturated rings. The standard InChI is InChI=1S/C53H84O6/c1-4-7-10-13-16-19-22-25-26-29-31-34-37-40-43-46-52(55)58-49-50(59-53(56)47-44-41-38-35-32-28-24-21-18-15-12-9-6-3)48-57-51(54)45-42-39-36-33-30-27-23-20-17-14-11-8-5-2/h7,9-10,12-13,15-16,18-19,21-22,24-27,30,36,39,50H,4-6,8,11,14,17,20,23,28-29,31-35,37-38,40-49H2,1-3H3/b10-7+,12-9+,16-13+,18-15+,22-19+,24-21+,26-25+,30-27+,39-36+. The molecular formula is C53H84O6. The Kier molecular flexibility index (Phi) is 43.6. The summed E-state index contributed by atoms with van der Waals surface area (Å²) in [7, 11) is 0. The lowest BCUT2D eigenvalue weighted by molar-refractivity contribution is -0.166. The Morgan fingerprint density at radius 2 is 0.763 bits per heavy atom. The summed E-state index contributed by atoms with van der Waals surface area (Å²) in [6.45, 7) is 6.24. The molecule has 0 aliphatic heterocycles. The van der Waals surface area contributed by atoms with Gasteiger partial charge in [0.25, 0.3) is 0 Å². The fraction of sp³-hybridized carbons (Fsp3) is 0.604. The van der Waals surface area contributed by atoms with Crippen molar-refractivity contribution in [2.24, 2.45) is 0 Å². The van der Waals surface area contributed by atoms with E-state index < -0.39 is 6.10 Å². The zero-order chi connectivity index (χ0) is 43.0. The van der Waals surface area contributed by atoms with Crippen LogP contribution < -0.4 is 0 Å². The molecule has 0 aromatic carbocycles. The van der Waals surface area contributed by atoms with E-state index in [9.17, 15) is 14.4 Å². The second-order valence-electron chi connectivity index (χ2n) is 15.0. The van der Waals surface area contributed by atoms with Gasteiger partial charge < -0.3 is 14.2 Å². The van der Waals surface area contributed by atoms with Gasteiger partial charge in [-0.1, -0.05) is 201 Å². The van der Waals surface area contributed by atoms with E-state index in [1.807, 2.05) is 36.5 Å². The van der Waals surface area contributed by atoms with Gasteiger partial charge in [0.1, 0.15) is 13.2 Å². The number of unbranched alkanes of at least 4 members (excludes halogenated alkanes) is 16. The molecule has 0 spiro atoms. The lowest BCUT2D eigenvalue weighted by Crippen LogP contribution is -2.30. The Labute approximate surface area is 361 Å². The molecule has 6 nitrogen and oxygen atoms in total. The van der Waals surface area contributed by atoms with Crippen LogP contribution >= 0.6 is 0 Å². The van der Waals surface area contributed by atoms with Crippen molar-refractivity contribution in [3.63, 3.8) is 0 Å². The quantitative estimate of drug-likeness (QED) is 0.0201. The second-order valence-corrected chi connectivity index (χ2v) is 15.0. The Hall–Kier alpha value is -3.93. The zero-order valence-electron chi connectivity index (χ0n) is 37.7. The molecule has 1 unspecified atom stereocenters. The van der Waals surface area contributed by atoms with Gasteiger partial charge in [0, 0.05) is 19.3 Å². The van der Waals surface area contributed by atoms with Crippen molar-refractivity contribution >= 4 is 17.9 Å². The highest BCUT2D eigenvalue weighted by Crippen LogP contribution is 2.12. The first-order valence-corrected chi connectivity index (χ1v) is 23.5. The van der Waals surface area contributed by atoms with Gasteiger partial charge in [0.05, 0.1) is 0 Å². The maximum absolute atomic E-state index is 12.7. The van der Waals surface area contributed by atoms with E-state index in [0.29, 0.717) is 12.8 Å². The van der Waals surface area contributed by atoms with Crippen molar-refractivity contribution in [2.75, 3.05) is 13.2 Å². The number of esters is 3. The van der Waals surface area contributed by atoms with Crippen LogP contribution in [-0.2, 0) is 28.6 Å². The van der Waals surface area contributed by atoms with Crippen LogP contribution in [0.5, 0.6) is 0 Å². The third-order valence-corrected chi connectivity index (χ3v) is 9.41. The molecule has 59 heavy (non-hydrogen) atoms. The molecule has 1 atom stereocenters. The predicted molar refractivity (Wildman–Crippen MR) is 251 cm³/mol. The third-order valence-electron chi connectivity index (χ3n) is 9.41. The highest BCUT2D eigenvalue weighted by atomic mass is 16.6. The molecule has 0 amide bonds. The molecule has 0 aliphatic carbocycles. The summed E-state index contributed by atoms with van der Waals surface area (Å²) in [4.78, 5) is 37.8. The second kappa shape index (κ2) is 46.8. The normalized spacial score (nSPS) is 13.1. The first kappa shape index (κ1) is 55.1. The molecular weight excluding hydrogens is 733 g/mol. The van der Waals surface area contributed by atoms with E-state index in [-0.39, 0.29) is 44.0 Å². The Morgan fingerprint density at radius 1 is 0.373 bits per heavy atom. The average Bonchev–Trinajstić information content (AvgIpc) is 3.23. The molecule has 6 heteroatoms. The molecule has 0 heterocycles. The van der Waals surface area contributed by atoms with Gasteiger partial charge in [0.2, 0.25) is 0 Å². The Balaban J connectivity index is 4.55. The van der Waals surface area contributed by atoms with Crippen LogP contribution in [-0.4, -0.2) is 37.2 Å². The van der Waals surface area contributed by atoms with E-state index in [4.69, 9.17) is 14.2 Å². The number of hydrogen-bond acceptors (Lipinski definition) is 6. The summed E-state index contributed by atoms with van der Waals surface area (Å²) < 4.78 is 16.6. The smallest absolute Gasteiger partial charge is 0.306 e. The fourth-order valence-electron chi connectivity index (χ4n) is 5.92. The van der Waals surface area contributed by atoms with Crippen molar-refractivity contribution in [2.45, 2.75) is 194 Å². The Morgan fingerprint density at radius 3 is 1.27 bits per heavy atom. The van der Waals surface area contributed by atoms with Crippen molar-refractivity contribution in [1.29, 1.82) is 0 Å². The van der Waals surface area contributed by atoms with Crippen molar-refractivity contribution in [3.8, 4) is 0 Å². The molecule has 0 rings (SSSR count). The lowest BCUT2D eigenvalue weighted by atomic mass is 10.1. The molecule has 0 N–H and O–H groups in total. The van der Waals surface area contributed by atoms with Crippen LogP contribution in [0.25, 0.3) is 0 Å². The van der Waals surface area contributed by atoms with Crippen LogP contribution in [0, 0.1) is 0 Å². The summed E-state index contributed by atoms with van der Waals surface area (Å²) in [5, 5.41) is 0. The highest BCUT2D eigenvalue weighted by Gasteiger charge is 2.19. The fourth-order valence-corrected chi connectivity index (χ4v) is 5.92. The van der Waals surface area contributed by atoms with Crippen molar-refractivity contribution in [1.82, 2.24) is 0 Å². The van der Waals surface area contributed by atoms with Gasteiger partial charge in [-0.05, 0) is 77.0 Å². The lowest BCUT2D eigenvalue weighted by Gasteiger charge is -2.18. The highest BCUT2D eigenvalue weighted by molar-refractivity contribution is 5.71. The predicted octanol–water partition coefficient (Wildman–Crippen LogP) is 15.2. The van der Waals surface area contributed by atoms with Crippen LogP contribution in [0.3, 0.4) is 0 Å². The minimum atomic E-state index is -0.821. The number of carbonyl (C=O) groups is 3. The molecule has 332 valence electrons.